The van der Waals surface area contributed by atoms with E-state index < -0.39 is 5.97 Å². The van der Waals surface area contributed by atoms with Crippen molar-refractivity contribution >= 4 is 5.97 Å². The van der Waals surface area contributed by atoms with Gasteiger partial charge in [-0.25, -0.2) is 4.79 Å². The number of nitrogens with one attached hydrogen (secondary N) is 1. The summed E-state index contributed by atoms with van der Waals surface area (Å²) in [4.78, 5) is 10.7. The van der Waals surface area contributed by atoms with Crippen LogP contribution in [0.1, 0.15) is 28.2 Å². The number of aromatic nitrogens is 3. The number of H-pyrrole nitrogens is 1. The van der Waals surface area contributed by atoms with Gasteiger partial charge in [-0.05, 0) is 19.3 Å². The fourth-order valence-corrected chi connectivity index (χ4v) is 2.01. The highest BCUT2D eigenvalue weighted by molar-refractivity contribution is 5.86. The molecule has 6 nitrogen and oxygen atoms in total. The van der Waals surface area contributed by atoms with Gasteiger partial charge in [0.25, 0.3) is 0 Å². The van der Waals surface area contributed by atoms with Crippen molar-refractivity contribution in [2.24, 2.45) is 0 Å². The summed E-state index contributed by atoms with van der Waals surface area (Å²) in [6, 6.07) is 1.40. The molecular weight excluding hydrogens is 210 g/mol. The van der Waals surface area contributed by atoms with E-state index in [0.717, 1.165) is 30.5 Å². The summed E-state index contributed by atoms with van der Waals surface area (Å²) in [5.41, 5.74) is 2.83. The molecule has 0 saturated heterocycles. The number of hydrogen-bond donors (Lipinski definition) is 2. The molecular formula is C10H9N3O3. The van der Waals surface area contributed by atoms with E-state index in [9.17, 15) is 4.79 Å². The van der Waals surface area contributed by atoms with E-state index in [0.29, 0.717) is 11.5 Å². The Kier molecular flexibility index (Phi) is 1.82. The highest BCUT2D eigenvalue weighted by Crippen LogP contribution is 2.30. The predicted octanol–water partition coefficient (Wildman–Crippen LogP) is 1.25. The number of aromatic amines is 1. The summed E-state index contributed by atoms with van der Waals surface area (Å²) < 4.78 is 4.98. The number of carboxylic acids is 1. The van der Waals surface area contributed by atoms with Crippen molar-refractivity contribution in [2.75, 3.05) is 0 Å². The second kappa shape index (κ2) is 3.19. The van der Waals surface area contributed by atoms with Gasteiger partial charge in [0, 0.05) is 17.3 Å². The molecule has 1 aliphatic carbocycles. The zero-order chi connectivity index (χ0) is 11.1. The van der Waals surface area contributed by atoms with Crippen molar-refractivity contribution in [3.05, 3.63) is 23.0 Å². The first-order valence-corrected chi connectivity index (χ1v) is 5.02. The second-order valence-electron chi connectivity index (χ2n) is 3.76. The van der Waals surface area contributed by atoms with Crippen molar-refractivity contribution in [3.63, 3.8) is 0 Å². The third kappa shape index (κ3) is 1.23. The second-order valence-corrected chi connectivity index (χ2v) is 3.76. The Bertz CT molecular complexity index is 555. The Hall–Kier alpha value is -2.11. The van der Waals surface area contributed by atoms with Gasteiger partial charge < -0.3 is 9.63 Å². The molecule has 2 N–H and O–H groups in total. The van der Waals surface area contributed by atoms with Gasteiger partial charge in [0.05, 0.1) is 0 Å². The van der Waals surface area contributed by atoms with Gasteiger partial charge in [-0.2, -0.15) is 5.10 Å². The summed E-state index contributed by atoms with van der Waals surface area (Å²) in [6.07, 6.45) is 3.03. The van der Waals surface area contributed by atoms with Crippen LogP contribution in [-0.2, 0) is 12.8 Å². The van der Waals surface area contributed by atoms with E-state index in [1.165, 1.54) is 6.07 Å². The van der Waals surface area contributed by atoms with Crippen molar-refractivity contribution in [2.45, 2.75) is 19.3 Å². The van der Waals surface area contributed by atoms with E-state index in [-0.39, 0.29) is 5.69 Å². The molecule has 0 saturated carbocycles. The standard InChI is InChI=1S/C10H9N3O3/c14-10(15)7-4-8(16-13-7)9-5-2-1-3-6(5)11-12-9/h4H,1-3H2,(H,11,12)(H,14,15). The van der Waals surface area contributed by atoms with Crippen LogP contribution in [0, 0.1) is 0 Å². The monoisotopic (exact) mass is 219 g/mol. The molecule has 2 aromatic rings. The van der Waals surface area contributed by atoms with Gasteiger partial charge in [0.2, 0.25) is 0 Å². The van der Waals surface area contributed by atoms with E-state index in [1.807, 2.05) is 0 Å². The van der Waals surface area contributed by atoms with E-state index in [1.54, 1.807) is 0 Å². The molecule has 0 unspecified atom stereocenters. The van der Waals surface area contributed by atoms with E-state index in [2.05, 4.69) is 15.4 Å². The molecule has 0 radical (unpaired) electrons. The van der Waals surface area contributed by atoms with Gasteiger partial charge in [0.15, 0.2) is 11.5 Å². The molecule has 0 bridgehead atoms. The Labute approximate surface area is 90.3 Å². The highest BCUT2D eigenvalue weighted by Gasteiger charge is 2.23. The molecule has 0 aromatic carbocycles. The fraction of sp³-hybridized carbons (Fsp3) is 0.300. The van der Waals surface area contributed by atoms with Crippen LogP contribution in [0.5, 0.6) is 0 Å². The highest BCUT2D eigenvalue weighted by atomic mass is 16.5. The SMILES string of the molecule is O=C(O)c1cc(-c2n[nH]c3c2CCC3)on1. The van der Waals surface area contributed by atoms with Crippen LogP contribution in [-0.4, -0.2) is 26.4 Å². The number of rotatable bonds is 2. The van der Waals surface area contributed by atoms with Gasteiger partial charge in [0.1, 0.15) is 5.69 Å². The average Bonchev–Trinajstić information content (AvgIpc) is 2.92. The summed E-state index contributed by atoms with van der Waals surface area (Å²) in [7, 11) is 0. The predicted molar refractivity (Wildman–Crippen MR) is 53.1 cm³/mol. The average molecular weight is 219 g/mol. The molecule has 0 amide bonds. The van der Waals surface area contributed by atoms with Crippen molar-refractivity contribution in [1.82, 2.24) is 15.4 Å². The lowest BCUT2D eigenvalue weighted by atomic mass is 10.1. The number of carboxylic acid groups (broad SMARTS) is 1. The van der Waals surface area contributed by atoms with Crippen molar-refractivity contribution in [3.8, 4) is 11.5 Å². The Morgan fingerprint density at radius 2 is 2.38 bits per heavy atom. The van der Waals surface area contributed by atoms with Crippen LogP contribution in [0.2, 0.25) is 0 Å². The summed E-state index contributed by atoms with van der Waals surface area (Å²) in [5, 5.41) is 19.3. The first-order valence-electron chi connectivity index (χ1n) is 5.02. The van der Waals surface area contributed by atoms with Gasteiger partial charge >= 0.3 is 5.97 Å². The third-order valence-corrected chi connectivity index (χ3v) is 2.77. The van der Waals surface area contributed by atoms with Gasteiger partial charge in [-0.15, -0.1) is 0 Å². The third-order valence-electron chi connectivity index (χ3n) is 2.77. The molecule has 0 spiro atoms. The van der Waals surface area contributed by atoms with Crippen LogP contribution < -0.4 is 0 Å². The van der Waals surface area contributed by atoms with E-state index >= 15 is 0 Å². The molecule has 1 aliphatic rings. The molecule has 2 heterocycles. The van der Waals surface area contributed by atoms with Crippen LogP contribution >= 0.6 is 0 Å². The summed E-state index contributed by atoms with van der Waals surface area (Å²) in [5.74, 6) is -0.681. The minimum atomic E-state index is -1.10. The largest absolute Gasteiger partial charge is 0.476 e. The molecule has 0 fully saturated rings. The minimum Gasteiger partial charge on any atom is -0.476 e. The summed E-state index contributed by atoms with van der Waals surface area (Å²) >= 11 is 0. The summed E-state index contributed by atoms with van der Waals surface area (Å²) in [6.45, 7) is 0. The maximum atomic E-state index is 10.7. The van der Waals surface area contributed by atoms with Crippen LogP contribution in [0.25, 0.3) is 11.5 Å². The number of carbonyl (C=O) groups is 1. The Balaban J connectivity index is 2.05. The maximum absolute atomic E-state index is 10.7. The fourth-order valence-electron chi connectivity index (χ4n) is 2.01. The lowest BCUT2D eigenvalue weighted by molar-refractivity contribution is 0.0686. The number of nitrogens with zero attached hydrogens (tertiary/aromatic N) is 2. The maximum Gasteiger partial charge on any atom is 0.358 e. The molecule has 6 heteroatoms. The zero-order valence-electron chi connectivity index (χ0n) is 8.36. The molecule has 82 valence electrons. The lowest BCUT2D eigenvalue weighted by Gasteiger charge is -1.91. The van der Waals surface area contributed by atoms with Crippen LogP contribution in [0.3, 0.4) is 0 Å². The van der Waals surface area contributed by atoms with Crippen LogP contribution in [0.15, 0.2) is 10.6 Å². The normalized spacial score (nSPS) is 14.0. The smallest absolute Gasteiger partial charge is 0.358 e. The molecule has 2 aromatic heterocycles. The number of hydrogen-bond acceptors (Lipinski definition) is 4. The van der Waals surface area contributed by atoms with Gasteiger partial charge in [-0.1, -0.05) is 5.16 Å². The molecule has 0 atom stereocenters. The first kappa shape index (κ1) is 9.14. The first-order chi connectivity index (χ1) is 7.75. The zero-order valence-corrected chi connectivity index (χ0v) is 8.36. The van der Waals surface area contributed by atoms with E-state index in [4.69, 9.17) is 9.63 Å². The Morgan fingerprint density at radius 1 is 1.50 bits per heavy atom. The Morgan fingerprint density at radius 3 is 3.12 bits per heavy atom. The van der Waals surface area contributed by atoms with Crippen LogP contribution in [0.4, 0.5) is 0 Å². The molecule has 0 aliphatic heterocycles. The van der Waals surface area contributed by atoms with Crippen molar-refractivity contribution < 1.29 is 14.4 Å². The minimum absolute atomic E-state index is 0.0928. The number of fused-ring (bicyclic) bond motifs is 1. The molecule has 16 heavy (non-hydrogen) atoms. The topological polar surface area (TPSA) is 92.0 Å². The quantitative estimate of drug-likeness (QED) is 0.793. The lowest BCUT2D eigenvalue weighted by Crippen LogP contribution is -1.94. The number of aryl methyl sites for hydroxylation is 1. The molecule has 3 rings (SSSR count). The van der Waals surface area contributed by atoms with Gasteiger partial charge in [-0.3, -0.25) is 5.10 Å². The number of aromatic carboxylic acids is 1. The van der Waals surface area contributed by atoms with Crippen molar-refractivity contribution in [1.29, 1.82) is 0 Å².